The normalized spacial score (nSPS) is 29.6. The Morgan fingerprint density at radius 1 is 0.730 bits per heavy atom. The first kappa shape index (κ1) is 43.5. The van der Waals surface area contributed by atoms with Crippen LogP contribution in [-0.4, -0.2) is 18.8 Å². The van der Waals surface area contributed by atoms with E-state index in [4.69, 9.17) is 4.42 Å². The minimum atomic E-state index is 0.0846. The predicted octanol–water partition coefficient (Wildman–Crippen LogP) is 14.8. The topological polar surface area (TPSA) is 19.6 Å². The van der Waals surface area contributed by atoms with E-state index in [1.165, 1.54) is 82.0 Å². The Balaban J connectivity index is 1.29. The van der Waals surface area contributed by atoms with Crippen LogP contribution in [0.25, 0.3) is 0 Å². The zero-order chi connectivity index (χ0) is 45.3. The van der Waals surface area contributed by atoms with Gasteiger partial charge in [0.1, 0.15) is 5.76 Å². The fourth-order valence-corrected chi connectivity index (χ4v) is 14.4. The molecule has 0 bridgehead atoms. The van der Waals surface area contributed by atoms with Crippen LogP contribution in [0.2, 0.25) is 5.82 Å². The van der Waals surface area contributed by atoms with Gasteiger partial charge in [-0.05, 0) is 159 Å². The van der Waals surface area contributed by atoms with E-state index in [9.17, 15) is 0 Å². The van der Waals surface area contributed by atoms with Gasteiger partial charge in [0, 0.05) is 35.1 Å². The van der Waals surface area contributed by atoms with Gasteiger partial charge >= 0.3 is 0 Å². The molecule has 2 aromatic carbocycles. The molecule has 3 heterocycles. The lowest BCUT2D eigenvalue weighted by Gasteiger charge is -2.55. The minimum Gasteiger partial charge on any atom is -0.473 e. The average molecular weight is 845 g/mol. The number of furan rings is 1. The number of rotatable bonds is 3. The molecule has 2 aliphatic heterocycles. The standard InChI is InChI=1S/C59H81BN2O/c1-34(2)36-29-47-51-48(30-36)62(46-23-20-40-50(46)59(16,17)27-26-56(40,10)11)52-39-32-41-42(58(14,15)25-24-57(41,12)13)33-49(39)63-53(52)60(51)43-31-38(55(7,8)9)19-22-45(43)61(47)44-21-18-37(28-35(44)3)54(4,5)6/h18-23,28-30,34,38,41-43,45-46H,24-27,31-33H2,1-17H3/t38-,41?,42?,43?,45?,46?/m1/s1. The quantitative estimate of drug-likeness (QED) is 0.193. The van der Waals surface area contributed by atoms with Crippen LogP contribution in [0.15, 0.2) is 70.2 Å². The van der Waals surface area contributed by atoms with E-state index in [2.05, 4.69) is 182 Å². The molecule has 0 N–H and O–H groups in total. The molecule has 4 heteroatoms. The second kappa shape index (κ2) is 13.8. The van der Waals surface area contributed by atoms with E-state index in [-0.39, 0.29) is 40.5 Å². The van der Waals surface area contributed by atoms with E-state index in [1.807, 2.05) is 0 Å². The zero-order valence-electron chi connectivity index (χ0n) is 42.6. The minimum absolute atomic E-state index is 0.0846. The van der Waals surface area contributed by atoms with Crippen molar-refractivity contribution in [1.29, 1.82) is 0 Å². The summed E-state index contributed by atoms with van der Waals surface area (Å²) in [6.45, 7) is 42.2. The first-order valence-electron chi connectivity index (χ1n) is 25.3. The Bertz CT molecular complexity index is 2470. The van der Waals surface area contributed by atoms with Crippen molar-refractivity contribution in [2.24, 2.45) is 44.8 Å². The first-order valence-corrected chi connectivity index (χ1v) is 25.3. The number of benzene rings is 2. The molecule has 3 aromatic rings. The molecule has 0 saturated heterocycles. The molecule has 7 aliphatic rings. The van der Waals surface area contributed by atoms with Crippen molar-refractivity contribution in [2.75, 3.05) is 9.80 Å². The summed E-state index contributed by atoms with van der Waals surface area (Å²) in [6.07, 6.45) is 18.8. The maximum Gasteiger partial charge on any atom is 0.269 e. The van der Waals surface area contributed by atoms with Crippen LogP contribution in [0.4, 0.5) is 22.7 Å². The third kappa shape index (κ3) is 6.53. The maximum absolute atomic E-state index is 7.85. The Morgan fingerprint density at radius 2 is 1.37 bits per heavy atom. The van der Waals surface area contributed by atoms with Crippen molar-refractivity contribution in [3.8, 4) is 0 Å². The van der Waals surface area contributed by atoms with Crippen LogP contribution in [0.3, 0.4) is 0 Å². The largest absolute Gasteiger partial charge is 0.473 e. The third-order valence-corrected chi connectivity index (χ3v) is 18.8. The number of anilines is 4. The van der Waals surface area contributed by atoms with Gasteiger partial charge in [0.15, 0.2) is 0 Å². The second-order valence-electron chi connectivity index (χ2n) is 27.1. The van der Waals surface area contributed by atoms with Crippen LogP contribution < -0.4 is 20.9 Å². The monoisotopic (exact) mass is 845 g/mol. The lowest BCUT2D eigenvalue weighted by molar-refractivity contribution is -0.0275. The van der Waals surface area contributed by atoms with Crippen molar-refractivity contribution in [1.82, 2.24) is 0 Å². The molecule has 1 saturated carbocycles. The lowest BCUT2D eigenvalue weighted by Crippen LogP contribution is -2.64. The van der Waals surface area contributed by atoms with Crippen molar-refractivity contribution in [3.63, 3.8) is 0 Å². The average Bonchev–Trinajstić information content (AvgIpc) is 3.81. The van der Waals surface area contributed by atoms with Crippen molar-refractivity contribution < 1.29 is 4.42 Å². The Hall–Kier alpha value is -3.40. The highest BCUT2D eigenvalue weighted by molar-refractivity contribution is 6.90. The summed E-state index contributed by atoms with van der Waals surface area (Å²) in [5.41, 5.74) is 18.5. The van der Waals surface area contributed by atoms with E-state index >= 15 is 0 Å². The Labute approximate surface area is 383 Å². The van der Waals surface area contributed by atoms with Gasteiger partial charge in [-0.2, -0.15) is 0 Å². The van der Waals surface area contributed by atoms with Crippen molar-refractivity contribution >= 4 is 40.6 Å². The molecule has 5 aliphatic carbocycles. The number of nitrogens with zero attached hydrogens (tertiary/aromatic N) is 2. The fourth-order valence-electron chi connectivity index (χ4n) is 14.4. The van der Waals surface area contributed by atoms with Gasteiger partial charge in [-0.25, -0.2) is 0 Å². The van der Waals surface area contributed by atoms with Gasteiger partial charge in [0.2, 0.25) is 0 Å². The summed E-state index contributed by atoms with van der Waals surface area (Å²) in [4.78, 5) is 5.73. The Kier molecular flexibility index (Phi) is 9.54. The predicted molar refractivity (Wildman–Crippen MR) is 271 cm³/mol. The molecular weight excluding hydrogens is 763 g/mol. The summed E-state index contributed by atoms with van der Waals surface area (Å²) in [5, 5.41) is 0. The van der Waals surface area contributed by atoms with Gasteiger partial charge in [-0.3, -0.25) is 0 Å². The highest BCUT2D eigenvalue weighted by atomic mass is 16.3. The fraction of sp³-hybridized carbons (Fsp3) is 0.627. The number of fused-ring (bicyclic) bond motifs is 7. The highest BCUT2D eigenvalue weighted by Gasteiger charge is 2.58. The molecule has 5 unspecified atom stereocenters. The van der Waals surface area contributed by atoms with Crippen LogP contribution in [0.5, 0.6) is 0 Å². The van der Waals surface area contributed by atoms with Crippen molar-refractivity contribution in [2.45, 2.75) is 192 Å². The summed E-state index contributed by atoms with van der Waals surface area (Å²) in [7, 11) is 0. The molecule has 0 amide bonds. The van der Waals surface area contributed by atoms with Gasteiger partial charge < -0.3 is 14.2 Å². The smallest absolute Gasteiger partial charge is 0.269 e. The Morgan fingerprint density at radius 3 is 1.98 bits per heavy atom. The molecule has 6 atom stereocenters. The molecule has 0 radical (unpaired) electrons. The van der Waals surface area contributed by atoms with Gasteiger partial charge in [0.05, 0.1) is 17.4 Å². The van der Waals surface area contributed by atoms with Crippen molar-refractivity contribution in [3.05, 3.63) is 93.8 Å². The van der Waals surface area contributed by atoms with Gasteiger partial charge in [0.25, 0.3) is 6.71 Å². The molecular formula is C59H81BN2O. The first-order chi connectivity index (χ1) is 29.2. The van der Waals surface area contributed by atoms with Crippen LogP contribution >= 0.6 is 0 Å². The van der Waals surface area contributed by atoms with E-state index in [0.717, 1.165) is 19.3 Å². The number of aryl methyl sites for hydroxylation is 1. The molecule has 63 heavy (non-hydrogen) atoms. The van der Waals surface area contributed by atoms with E-state index in [0.29, 0.717) is 40.3 Å². The lowest BCUT2D eigenvalue weighted by atomic mass is 9.29. The number of allylic oxidation sites excluding steroid dienone is 3. The molecule has 1 aromatic heterocycles. The van der Waals surface area contributed by atoms with Crippen LogP contribution in [0.1, 0.15) is 177 Å². The molecule has 336 valence electrons. The number of hydrogen-bond acceptors (Lipinski definition) is 3. The third-order valence-electron chi connectivity index (χ3n) is 18.8. The highest BCUT2D eigenvalue weighted by Crippen LogP contribution is 2.61. The molecule has 0 spiro atoms. The van der Waals surface area contributed by atoms with Crippen LogP contribution in [0, 0.1) is 51.8 Å². The van der Waals surface area contributed by atoms with Gasteiger partial charge in [-0.1, -0.05) is 147 Å². The number of hydrogen-bond donors (Lipinski definition) is 0. The second-order valence-corrected chi connectivity index (χ2v) is 27.1. The summed E-state index contributed by atoms with van der Waals surface area (Å²) in [6, 6.07) is 13.0. The zero-order valence-corrected chi connectivity index (χ0v) is 42.6. The molecule has 10 rings (SSSR count). The summed E-state index contributed by atoms with van der Waals surface area (Å²) >= 11 is 0. The summed E-state index contributed by atoms with van der Waals surface area (Å²) in [5.74, 6) is 3.78. The molecule has 1 fully saturated rings. The van der Waals surface area contributed by atoms with E-state index < -0.39 is 0 Å². The summed E-state index contributed by atoms with van der Waals surface area (Å²) < 4.78 is 7.85. The van der Waals surface area contributed by atoms with Crippen LogP contribution in [-0.2, 0) is 18.3 Å². The SMILES string of the molecule is Cc1cc(C(C)(C)C)ccc1N1c2cc(C(C)C)cc3c2B(c2oc4c(c2N3C2C=CC3=C2C(C)(C)CCC3(C)C)CC2C(C4)C(C)(C)CCC2(C)C)C2C[C@H](C(C)(C)C)C=CC21. The van der Waals surface area contributed by atoms with E-state index in [1.54, 1.807) is 16.7 Å². The van der Waals surface area contributed by atoms with Gasteiger partial charge in [-0.15, -0.1) is 0 Å². The maximum atomic E-state index is 7.85. The molecule has 3 nitrogen and oxygen atoms in total.